The number of imidazole rings is 1. The molecule has 2 aromatic rings. The van der Waals surface area contributed by atoms with Gasteiger partial charge in [-0.1, -0.05) is 0 Å². The fourth-order valence-electron chi connectivity index (χ4n) is 1.79. The molecular formula is C14H14F3N3OS. The van der Waals surface area contributed by atoms with Crippen molar-refractivity contribution in [3.05, 3.63) is 48.5 Å². The molecule has 8 heteroatoms. The first kappa shape index (κ1) is 16.4. The van der Waals surface area contributed by atoms with Crippen LogP contribution in [0.2, 0.25) is 0 Å². The van der Waals surface area contributed by atoms with E-state index in [-0.39, 0.29) is 22.6 Å². The van der Waals surface area contributed by atoms with Crippen LogP contribution in [0.25, 0.3) is 0 Å². The van der Waals surface area contributed by atoms with E-state index in [1.165, 1.54) is 24.3 Å². The number of hydrogen-bond acceptors (Lipinski definition) is 3. The van der Waals surface area contributed by atoms with Gasteiger partial charge < -0.3 is 9.88 Å². The van der Waals surface area contributed by atoms with Gasteiger partial charge >= 0.3 is 5.51 Å². The summed E-state index contributed by atoms with van der Waals surface area (Å²) in [6.07, 6.45) is 5.95. The molecule has 2 rings (SSSR count). The summed E-state index contributed by atoms with van der Waals surface area (Å²) in [4.78, 5) is 15.8. The van der Waals surface area contributed by atoms with Crippen LogP contribution in [0, 0.1) is 0 Å². The Balaban J connectivity index is 1.77. The van der Waals surface area contributed by atoms with Gasteiger partial charge in [0, 0.05) is 35.9 Å². The molecule has 0 aliphatic carbocycles. The summed E-state index contributed by atoms with van der Waals surface area (Å²) in [6.45, 7) is 1.22. The third-order valence-corrected chi connectivity index (χ3v) is 3.53. The highest BCUT2D eigenvalue weighted by molar-refractivity contribution is 8.00. The Kier molecular flexibility index (Phi) is 5.48. The van der Waals surface area contributed by atoms with Crippen LogP contribution in [0.1, 0.15) is 16.8 Å². The van der Waals surface area contributed by atoms with E-state index >= 15 is 0 Å². The van der Waals surface area contributed by atoms with Gasteiger partial charge in [-0.2, -0.15) is 13.2 Å². The van der Waals surface area contributed by atoms with Crippen molar-refractivity contribution in [2.75, 3.05) is 6.54 Å². The summed E-state index contributed by atoms with van der Waals surface area (Å²) in [5, 5.41) is 2.73. The fourth-order valence-corrected chi connectivity index (χ4v) is 2.33. The van der Waals surface area contributed by atoms with Crippen molar-refractivity contribution in [3.8, 4) is 0 Å². The predicted octanol–water partition coefficient (Wildman–Crippen LogP) is 3.32. The highest BCUT2D eigenvalue weighted by Gasteiger charge is 2.29. The minimum Gasteiger partial charge on any atom is -0.352 e. The maximum atomic E-state index is 12.2. The van der Waals surface area contributed by atoms with Gasteiger partial charge in [0.25, 0.3) is 5.91 Å². The van der Waals surface area contributed by atoms with Crippen molar-refractivity contribution >= 4 is 17.7 Å². The number of aromatic nitrogens is 2. The number of rotatable bonds is 6. The Morgan fingerprint density at radius 2 is 2.00 bits per heavy atom. The lowest BCUT2D eigenvalue weighted by Crippen LogP contribution is -2.25. The molecule has 0 saturated heterocycles. The molecule has 0 radical (unpaired) electrons. The summed E-state index contributed by atoms with van der Waals surface area (Å²) in [5.41, 5.74) is -3.98. The van der Waals surface area contributed by atoms with Gasteiger partial charge in [0.1, 0.15) is 0 Å². The Bertz CT molecular complexity index is 597. The zero-order valence-electron chi connectivity index (χ0n) is 11.5. The van der Waals surface area contributed by atoms with E-state index in [0.29, 0.717) is 12.1 Å². The highest BCUT2D eigenvalue weighted by Crippen LogP contribution is 2.36. The number of carbonyl (C=O) groups is 1. The SMILES string of the molecule is O=C(NCCCn1ccnc1)c1ccc(SC(F)(F)F)cc1. The number of hydrogen-bond donors (Lipinski definition) is 1. The molecule has 1 aromatic heterocycles. The van der Waals surface area contributed by atoms with Crippen molar-refractivity contribution in [2.24, 2.45) is 0 Å². The zero-order chi connectivity index (χ0) is 16.0. The Morgan fingerprint density at radius 1 is 1.27 bits per heavy atom. The molecule has 1 amide bonds. The van der Waals surface area contributed by atoms with Crippen LogP contribution in [0.15, 0.2) is 47.9 Å². The molecule has 0 unspecified atom stereocenters. The summed E-state index contributed by atoms with van der Waals surface area (Å²) in [5.74, 6) is -0.297. The highest BCUT2D eigenvalue weighted by atomic mass is 32.2. The van der Waals surface area contributed by atoms with E-state index in [1.807, 2.05) is 10.8 Å². The molecule has 118 valence electrons. The number of alkyl halides is 3. The summed E-state index contributed by atoms with van der Waals surface area (Å²) >= 11 is -0.199. The van der Waals surface area contributed by atoms with Gasteiger partial charge in [-0.15, -0.1) is 0 Å². The van der Waals surface area contributed by atoms with Crippen LogP contribution in [0.5, 0.6) is 0 Å². The number of amides is 1. The number of aryl methyl sites for hydroxylation is 1. The topological polar surface area (TPSA) is 46.9 Å². The molecule has 1 aromatic carbocycles. The van der Waals surface area contributed by atoms with Crippen LogP contribution < -0.4 is 5.32 Å². The normalized spacial score (nSPS) is 11.4. The third-order valence-electron chi connectivity index (χ3n) is 2.79. The molecule has 22 heavy (non-hydrogen) atoms. The summed E-state index contributed by atoms with van der Waals surface area (Å²) in [6, 6.07) is 5.36. The molecule has 1 N–H and O–H groups in total. The molecule has 0 aliphatic heterocycles. The van der Waals surface area contributed by atoms with E-state index in [9.17, 15) is 18.0 Å². The van der Waals surface area contributed by atoms with Crippen molar-refractivity contribution in [1.29, 1.82) is 0 Å². The van der Waals surface area contributed by atoms with E-state index in [2.05, 4.69) is 10.3 Å². The summed E-state index contributed by atoms with van der Waals surface area (Å²) in [7, 11) is 0. The van der Waals surface area contributed by atoms with Crippen LogP contribution in [0.4, 0.5) is 13.2 Å². The van der Waals surface area contributed by atoms with Crippen molar-refractivity contribution in [3.63, 3.8) is 0 Å². The molecule has 4 nitrogen and oxygen atoms in total. The Morgan fingerprint density at radius 3 is 2.59 bits per heavy atom. The Hall–Kier alpha value is -1.96. The van der Waals surface area contributed by atoms with E-state index in [1.54, 1.807) is 12.5 Å². The van der Waals surface area contributed by atoms with E-state index in [4.69, 9.17) is 0 Å². The molecule has 0 bridgehead atoms. The first-order valence-corrected chi connectivity index (χ1v) is 7.35. The number of benzene rings is 1. The average Bonchev–Trinajstić information content (AvgIpc) is 2.95. The van der Waals surface area contributed by atoms with Gasteiger partial charge in [-0.25, -0.2) is 4.98 Å². The second kappa shape index (κ2) is 7.35. The molecular weight excluding hydrogens is 315 g/mol. The lowest BCUT2D eigenvalue weighted by atomic mass is 10.2. The minimum absolute atomic E-state index is 0.0594. The number of thioether (sulfide) groups is 1. The van der Waals surface area contributed by atoms with Crippen LogP contribution >= 0.6 is 11.8 Å². The maximum absolute atomic E-state index is 12.2. The van der Waals surface area contributed by atoms with Crippen LogP contribution in [0.3, 0.4) is 0 Å². The Labute approximate surface area is 129 Å². The van der Waals surface area contributed by atoms with Gasteiger partial charge in [0.15, 0.2) is 0 Å². The van der Waals surface area contributed by atoms with Crippen LogP contribution in [-0.4, -0.2) is 27.5 Å². The van der Waals surface area contributed by atoms with Gasteiger partial charge in [0.05, 0.1) is 6.33 Å². The lowest BCUT2D eigenvalue weighted by Gasteiger charge is -2.08. The second-order valence-electron chi connectivity index (χ2n) is 4.48. The molecule has 0 saturated carbocycles. The second-order valence-corrected chi connectivity index (χ2v) is 5.62. The summed E-state index contributed by atoms with van der Waals surface area (Å²) < 4.78 is 38.5. The van der Waals surface area contributed by atoms with Crippen molar-refractivity contribution in [2.45, 2.75) is 23.4 Å². The largest absolute Gasteiger partial charge is 0.446 e. The first-order valence-electron chi connectivity index (χ1n) is 6.54. The smallest absolute Gasteiger partial charge is 0.352 e. The minimum atomic E-state index is -4.32. The maximum Gasteiger partial charge on any atom is 0.446 e. The molecule has 0 atom stereocenters. The van der Waals surface area contributed by atoms with Gasteiger partial charge in [-0.05, 0) is 42.4 Å². The standard InChI is InChI=1S/C14H14F3N3OS/c15-14(16,17)22-12-4-2-11(3-5-12)13(21)19-6-1-8-20-9-7-18-10-20/h2-5,7,9-10H,1,6,8H2,(H,19,21). The quantitative estimate of drug-likeness (QED) is 0.653. The number of nitrogens with one attached hydrogen (secondary N) is 1. The van der Waals surface area contributed by atoms with Crippen molar-refractivity contribution in [1.82, 2.24) is 14.9 Å². The number of carbonyl (C=O) groups excluding carboxylic acids is 1. The van der Waals surface area contributed by atoms with Gasteiger partial charge in [-0.3, -0.25) is 4.79 Å². The number of halogens is 3. The fraction of sp³-hybridized carbons (Fsp3) is 0.286. The van der Waals surface area contributed by atoms with Crippen molar-refractivity contribution < 1.29 is 18.0 Å². The first-order chi connectivity index (χ1) is 10.4. The van der Waals surface area contributed by atoms with Gasteiger partial charge in [0.2, 0.25) is 0 Å². The molecule has 0 spiro atoms. The monoisotopic (exact) mass is 329 g/mol. The zero-order valence-corrected chi connectivity index (χ0v) is 12.3. The average molecular weight is 329 g/mol. The van der Waals surface area contributed by atoms with E-state index in [0.717, 1.165) is 13.0 Å². The third kappa shape index (κ3) is 5.44. The predicted molar refractivity (Wildman–Crippen MR) is 77.5 cm³/mol. The van der Waals surface area contributed by atoms with E-state index < -0.39 is 5.51 Å². The lowest BCUT2D eigenvalue weighted by molar-refractivity contribution is -0.0328. The van der Waals surface area contributed by atoms with Crippen LogP contribution in [-0.2, 0) is 6.54 Å². The molecule has 1 heterocycles. The molecule has 0 aliphatic rings. The molecule has 0 fully saturated rings. The number of nitrogens with zero attached hydrogens (tertiary/aromatic N) is 2.